The number of carbonyl (C=O) groups is 2. The number of nitrogens with zero attached hydrogens (tertiary/aromatic N) is 4. The van der Waals surface area contributed by atoms with Crippen LogP contribution in [-0.2, 0) is 17.8 Å². The molecule has 3 heterocycles. The smallest absolute Gasteiger partial charge is 0.348 e. The molecule has 41 heavy (non-hydrogen) atoms. The van der Waals surface area contributed by atoms with E-state index in [-0.39, 0.29) is 17.9 Å². The second-order valence-electron chi connectivity index (χ2n) is 11.4. The highest BCUT2D eigenvalue weighted by Gasteiger charge is 2.28. The van der Waals surface area contributed by atoms with Crippen LogP contribution >= 0.6 is 0 Å². The Balaban J connectivity index is 1.62. The molecule has 0 bridgehead atoms. The van der Waals surface area contributed by atoms with Crippen molar-refractivity contribution in [3.63, 3.8) is 0 Å². The molecule has 0 radical (unpaired) electrons. The van der Waals surface area contributed by atoms with Crippen molar-refractivity contribution in [1.29, 1.82) is 0 Å². The van der Waals surface area contributed by atoms with Gasteiger partial charge in [-0.3, -0.25) is 19.5 Å². The van der Waals surface area contributed by atoms with E-state index in [0.717, 1.165) is 42.2 Å². The summed E-state index contributed by atoms with van der Waals surface area (Å²) in [6.07, 6.45) is 5.89. The SMILES string of the molecule is CC1CCN(c2ccc(C(=O)N(Cc3cccnc3)C(=O)NOC(C)(C)C)c(NCCc3cccc(F)c3)n2)CC1. The van der Waals surface area contributed by atoms with Crippen LogP contribution in [0.4, 0.5) is 20.8 Å². The van der Waals surface area contributed by atoms with Gasteiger partial charge in [-0.1, -0.05) is 25.1 Å². The van der Waals surface area contributed by atoms with Crippen LogP contribution in [0.25, 0.3) is 0 Å². The van der Waals surface area contributed by atoms with E-state index >= 15 is 0 Å². The number of nitrogens with one attached hydrogen (secondary N) is 2. The minimum Gasteiger partial charge on any atom is -0.369 e. The van der Waals surface area contributed by atoms with Gasteiger partial charge in [0.2, 0.25) is 0 Å². The van der Waals surface area contributed by atoms with E-state index in [2.05, 4.69) is 27.6 Å². The number of benzene rings is 1. The summed E-state index contributed by atoms with van der Waals surface area (Å²) in [7, 11) is 0. The van der Waals surface area contributed by atoms with Crippen LogP contribution < -0.4 is 15.7 Å². The minimum atomic E-state index is -0.700. The number of aromatic nitrogens is 2. The lowest BCUT2D eigenvalue weighted by Crippen LogP contribution is -2.46. The maximum absolute atomic E-state index is 14.0. The average Bonchev–Trinajstić information content (AvgIpc) is 2.95. The van der Waals surface area contributed by atoms with Crippen molar-refractivity contribution in [3.8, 4) is 0 Å². The van der Waals surface area contributed by atoms with Gasteiger partial charge in [0, 0.05) is 32.0 Å². The Kier molecular flexibility index (Phi) is 9.88. The zero-order valence-corrected chi connectivity index (χ0v) is 24.2. The molecule has 10 heteroatoms. The van der Waals surface area contributed by atoms with Gasteiger partial charge in [-0.15, -0.1) is 0 Å². The second-order valence-corrected chi connectivity index (χ2v) is 11.4. The number of pyridine rings is 2. The quantitative estimate of drug-likeness (QED) is 0.328. The zero-order valence-electron chi connectivity index (χ0n) is 24.2. The third-order valence-electron chi connectivity index (χ3n) is 6.81. The molecule has 4 rings (SSSR count). The largest absolute Gasteiger partial charge is 0.369 e. The summed E-state index contributed by atoms with van der Waals surface area (Å²) in [6, 6.07) is 12.8. The normalized spacial score (nSPS) is 14.0. The van der Waals surface area contributed by atoms with Crippen LogP contribution in [0, 0.1) is 11.7 Å². The van der Waals surface area contributed by atoms with Gasteiger partial charge in [-0.05, 0) is 87.4 Å². The summed E-state index contributed by atoms with van der Waals surface area (Å²) < 4.78 is 13.7. The molecule has 1 aliphatic rings. The molecule has 1 aromatic carbocycles. The Morgan fingerprint density at radius 2 is 1.85 bits per heavy atom. The summed E-state index contributed by atoms with van der Waals surface area (Å²) in [6.45, 7) is 9.80. The first-order chi connectivity index (χ1) is 19.6. The standard InChI is InChI=1S/C31H39FN6O3/c1-22-13-17-37(18-14-22)27-11-10-26(28(35-27)34-16-12-23-7-5-9-25(32)19-23)29(39)38(21-24-8-6-15-33-20-24)30(40)36-41-31(2,3)4/h5-11,15,19-20,22H,12-14,16-18,21H2,1-4H3,(H,34,35)(H,36,40). The molecule has 3 aromatic rings. The van der Waals surface area contributed by atoms with Crippen molar-refractivity contribution in [1.82, 2.24) is 20.3 Å². The lowest BCUT2D eigenvalue weighted by Gasteiger charge is -2.32. The predicted octanol–water partition coefficient (Wildman–Crippen LogP) is 5.59. The van der Waals surface area contributed by atoms with E-state index in [1.54, 1.807) is 57.4 Å². The monoisotopic (exact) mass is 562 g/mol. The van der Waals surface area contributed by atoms with E-state index in [9.17, 15) is 14.0 Å². The summed E-state index contributed by atoms with van der Waals surface area (Å²) in [5, 5.41) is 3.28. The average molecular weight is 563 g/mol. The maximum Gasteiger partial charge on any atom is 0.348 e. The Bertz CT molecular complexity index is 1320. The van der Waals surface area contributed by atoms with Gasteiger partial charge in [0.15, 0.2) is 0 Å². The van der Waals surface area contributed by atoms with Crippen molar-refractivity contribution in [2.24, 2.45) is 5.92 Å². The molecule has 3 amide bonds. The molecule has 1 aliphatic heterocycles. The predicted molar refractivity (Wildman–Crippen MR) is 157 cm³/mol. The molecule has 2 N–H and O–H groups in total. The fourth-order valence-corrected chi connectivity index (χ4v) is 4.50. The molecule has 0 atom stereocenters. The molecular formula is C31H39FN6O3. The second kappa shape index (κ2) is 13.5. The van der Waals surface area contributed by atoms with Crippen LogP contribution in [-0.4, -0.2) is 52.0 Å². The fourth-order valence-electron chi connectivity index (χ4n) is 4.50. The molecule has 0 spiro atoms. The zero-order chi connectivity index (χ0) is 29.4. The third kappa shape index (κ3) is 8.72. The van der Waals surface area contributed by atoms with Gasteiger partial charge in [0.1, 0.15) is 17.5 Å². The number of hydrogen-bond donors (Lipinski definition) is 2. The number of halogens is 1. The van der Waals surface area contributed by atoms with E-state index in [4.69, 9.17) is 9.82 Å². The number of urea groups is 1. The van der Waals surface area contributed by atoms with Crippen molar-refractivity contribution >= 4 is 23.6 Å². The molecule has 218 valence electrons. The number of rotatable bonds is 9. The van der Waals surface area contributed by atoms with Crippen LogP contribution in [0.2, 0.25) is 0 Å². The Labute approximate surface area is 241 Å². The number of imide groups is 1. The molecule has 1 fully saturated rings. The highest BCUT2D eigenvalue weighted by atomic mass is 19.1. The number of amides is 3. The Morgan fingerprint density at radius 1 is 1.10 bits per heavy atom. The first-order valence-corrected chi connectivity index (χ1v) is 14.0. The molecule has 0 unspecified atom stereocenters. The summed E-state index contributed by atoms with van der Waals surface area (Å²) in [5.41, 5.74) is 3.50. The van der Waals surface area contributed by atoms with Crippen LogP contribution in [0.5, 0.6) is 0 Å². The van der Waals surface area contributed by atoms with Crippen molar-refractivity contribution < 1.29 is 18.8 Å². The third-order valence-corrected chi connectivity index (χ3v) is 6.81. The molecular weight excluding hydrogens is 523 g/mol. The van der Waals surface area contributed by atoms with E-state index in [1.807, 2.05) is 12.1 Å². The van der Waals surface area contributed by atoms with Crippen LogP contribution in [0.3, 0.4) is 0 Å². The van der Waals surface area contributed by atoms with E-state index in [0.29, 0.717) is 30.3 Å². The van der Waals surface area contributed by atoms with Gasteiger partial charge in [0.05, 0.1) is 17.7 Å². The molecule has 2 aromatic heterocycles. The maximum atomic E-state index is 14.0. The highest BCUT2D eigenvalue weighted by molar-refractivity contribution is 6.07. The number of carbonyl (C=O) groups excluding carboxylic acids is 2. The van der Waals surface area contributed by atoms with E-state index < -0.39 is 17.5 Å². The first-order valence-electron chi connectivity index (χ1n) is 14.0. The van der Waals surface area contributed by atoms with Crippen molar-refractivity contribution in [3.05, 3.63) is 83.4 Å². The van der Waals surface area contributed by atoms with E-state index in [1.165, 1.54) is 12.1 Å². The van der Waals surface area contributed by atoms with Gasteiger partial charge in [-0.2, -0.15) is 0 Å². The Hall–Kier alpha value is -4.05. The van der Waals surface area contributed by atoms with Crippen molar-refractivity contribution in [2.45, 2.75) is 59.1 Å². The molecule has 9 nitrogen and oxygen atoms in total. The number of piperidine rings is 1. The first kappa shape index (κ1) is 29.9. The van der Waals surface area contributed by atoms with Gasteiger partial charge in [0.25, 0.3) is 5.91 Å². The van der Waals surface area contributed by atoms with Crippen LogP contribution in [0.1, 0.15) is 62.0 Å². The summed E-state index contributed by atoms with van der Waals surface area (Å²) in [5.74, 6) is 0.950. The Morgan fingerprint density at radius 3 is 2.54 bits per heavy atom. The highest BCUT2D eigenvalue weighted by Crippen LogP contribution is 2.26. The van der Waals surface area contributed by atoms with Gasteiger partial charge in [-0.25, -0.2) is 19.6 Å². The lowest BCUT2D eigenvalue weighted by atomic mass is 9.99. The van der Waals surface area contributed by atoms with Gasteiger partial charge < -0.3 is 10.2 Å². The lowest BCUT2D eigenvalue weighted by molar-refractivity contribution is -0.0576. The molecule has 1 saturated heterocycles. The van der Waals surface area contributed by atoms with Crippen LogP contribution in [0.15, 0.2) is 60.9 Å². The van der Waals surface area contributed by atoms with Gasteiger partial charge >= 0.3 is 6.03 Å². The number of anilines is 2. The molecule has 0 aliphatic carbocycles. The minimum absolute atomic E-state index is 0.0134. The summed E-state index contributed by atoms with van der Waals surface area (Å²) >= 11 is 0. The van der Waals surface area contributed by atoms with Crippen molar-refractivity contribution in [2.75, 3.05) is 29.9 Å². The molecule has 0 saturated carbocycles. The topological polar surface area (TPSA) is 99.7 Å². The fraction of sp³-hybridized carbons (Fsp3) is 0.419. The number of hydrogen-bond acceptors (Lipinski definition) is 7. The summed E-state index contributed by atoms with van der Waals surface area (Å²) in [4.78, 5) is 45.0. The number of hydroxylamine groups is 1.